The minimum atomic E-state index is -0.285. The van der Waals surface area contributed by atoms with Gasteiger partial charge in [0.2, 0.25) is 0 Å². The van der Waals surface area contributed by atoms with E-state index in [0.29, 0.717) is 11.5 Å². The van der Waals surface area contributed by atoms with E-state index in [0.717, 1.165) is 21.2 Å². The highest BCUT2D eigenvalue weighted by Crippen LogP contribution is 2.35. The number of hydrogen-bond donors (Lipinski definition) is 0. The number of fused-ring (bicyclic) bond motifs is 1. The molecule has 88 valence electrons. The van der Waals surface area contributed by atoms with E-state index in [-0.39, 0.29) is 5.97 Å². The molecule has 0 radical (unpaired) electrons. The molecule has 0 saturated heterocycles. The molecule has 0 aromatic carbocycles. The molecule has 2 aromatic rings. The molecule has 0 atom stereocenters. The Morgan fingerprint density at radius 2 is 2.35 bits per heavy atom. The van der Waals surface area contributed by atoms with Crippen LogP contribution in [0.15, 0.2) is 25.0 Å². The number of pyridine rings is 1. The molecule has 2 rings (SSSR count). The fraction of sp³-hybridized carbons (Fsp3) is 0.231. The molecule has 17 heavy (non-hydrogen) atoms. The fourth-order valence-electron chi connectivity index (χ4n) is 1.72. The summed E-state index contributed by atoms with van der Waals surface area (Å²) >= 11 is 1.40. The molecule has 0 aliphatic carbocycles. The van der Waals surface area contributed by atoms with Crippen LogP contribution in [0, 0.1) is 0 Å². The Morgan fingerprint density at radius 3 is 3.00 bits per heavy atom. The minimum absolute atomic E-state index is 0.285. The molecule has 2 heterocycles. The first kappa shape index (κ1) is 11.8. The van der Waals surface area contributed by atoms with Crippen molar-refractivity contribution < 1.29 is 9.53 Å². The molecule has 0 unspecified atom stereocenters. The van der Waals surface area contributed by atoms with Gasteiger partial charge in [-0.2, -0.15) is 0 Å². The second-order valence-corrected chi connectivity index (χ2v) is 4.73. The lowest BCUT2D eigenvalue weighted by Crippen LogP contribution is -2.04. The van der Waals surface area contributed by atoms with Crippen LogP contribution in [0.2, 0.25) is 0 Å². The summed E-state index contributed by atoms with van der Waals surface area (Å²) in [6, 6.07) is 1.90. The number of allylic oxidation sites excluding steroid dienone is 1. The zero-order valence-electron chi connectivity index (χ0n) is 9.82. The van der Waals surface area contributed by atoms with Crippen LogP contribution in [0.4, 0.5) is 0 Å². The van der Waals surface area contributed by atoms with Crippen molar-refractivity contribution in [3.05, 3.63) is 35.5 Å². The number of aromatic nitrogens is 1. The maximum absolute atomic E-state index is 11.9. The lowest BCUT2D eigenvalue weighted by molar-refractivity contribution is 0.0532. The second-order valence-electron chi connectivity index (χ2n) is 3.68. The van der Waals surface area contributed by atoms with Crippen molar-refractivity contribution >= 4 is 33.0 Å². The SMILES string of the molecule is C=C(C)c1c(C(=O)OCC)sc2cnccc12. The topological polar surface area (TPSA) is 39.2 Å². The average Bonchev–Trinajstić information content (AvgIpc) is 2.68. The van der Waals surface area contributed by atoms with E-state index in [1.807, 2.05) is 13.0 Å². The van der Waals surface area contributed by atoms with Crippen LogP contribution in [0.3, 0.4) is 0 Å². The molecular weight excluding hydrogens is 234 g/mol. The Labute approximate surface area is 104 Å². The molecular formula is C13H13NO2S. The number of esters is 1. The molecule has 0 amide bonds. The molecule has 0 fully saturated rings. The van der Waals surface area contributed by atoms with E-state index in [9.17, 15) is 4.79 Å². The zero-order valence-corrected chi connectivity index (χ0v) is 10.6. The lowest BCUT2D eigenvalue weighted by Gasteiger charge is -2.03. The smallest absolute Gasteiger partial charge is 0.348 e. The third-order valence-corrected chi connectivity index (χ3v) is 3.50. The molecule has 0 aliphatic rings. The Kier molecular flexibility index (Phi) is 3.24. The number of carbonyl (C=O) groups excluding carboxylic acids is 1. The van der Waals surface area contributed by atoms with E-state index in [4.69, 9.17) is 4.74 Å². The zero-order chi connectivity index (χ0) is 12.4. The number of nitrogens with zero attached hydrogens (tertiary/aromatic N) is 1. The van der Waals surface area contributed by atoms with Gasteiger partial charge in [-0.25, -0.2) is 4.79 Å². The summed E-state index contributed by atoms with van der Waals surface area (Å²) in [5.74, 6) is -0.285. The van der Waals surface area contributed by atoms with Crippen molar-refractivity contribution in [1.29, 1.82) is 0 Å². The van der Waals surface area contributed by atoms with Crippen molar-refractivity contribution in [3.63, 3.8) is 0 Å². The van der Waals surface area contributed by atoms with Crippen LogP contribution >= 0.6 is 11.3 Å². The molecule has 0 saturated carbocycles. The number of rotatable bonds is 3. The largest absolute Gasteiger partial charge is 0.462 e. The molecule has 0 aliphatic heterocycles. The van der Waals surface area contributed by atoms with Crippen molar-refractivity contribution in [2.45, 2.75) is 13.8 Å². The minimum Gasteiger partial charge on any atom is -0.462 e. The van der Waals surface area contributed by atoms with Crippen LogP contribution in [0.5, 0.6) is 0 Å². The van der Waals surface area contributed by atoms with Gasteiger partial charge in [-0.3, -0.25) is 4.98 Å². The van der Waals surface area contributed by atoms with Crippen molar-refractivity contribution in [2.75, 3.05) is 6.61 Å². The Bertz CT molecular complexity index is 586. The molecule has 3 nitrogen and oxygen atoms in total. The lowest BCUT2D eigenvalue weighted by atomic mass is 10.1. The highest BCUT2D eigenvalue weighted by Gasteiger charge is 2.19. The first-order valence-electron chi connectivity index (χ1n) is 5.34. The number of carbonyl (C=O) groups is 1. The summed E-state index contributed by atoms with van der Waals surface area (Å²) in [4.78, 5) is 16.5. The first-order valence-corrected chi connectivity index (χ1v) is 6.16. The van der Waals surface area contributed by atoms with Crippen LogP contribution < -0.4 is 0 Å². The third-order valence-electron chi connectivity index (χ3n) is 2.38. The van der Waals surface area contributed by atoms with E-state index in [1.54, 1.807) is 19.3 Å². The van der Waals surface area contributed by atoms with Crippen LogP contribution in [-0.4, -0.2) is 17.6 Å². The molecule has 4 heteroatoms. The first-order chi connectivity index (χ1) is 8.15. The predicted molar refractivity (Wildman–Crippen MR) is 70.3 cm³/mol. The maximum Gasteiger partial charge on any atom is 0.348 e. The average molecular weight is 247 g/mol. The summed E-state index contributed by atoms with van der Waals surface area (Å²) in [7, 11) is 0. The van der Waals surface area contributed by atoms with Gasteiger partial charge in [-0.15, -0.1) is 11.3 Å². The highest BCUT2D eigenvalue weighted by molar-refractivity contribution is 7.21. The standard InChI is InChI=1S/C13H13NO2S/c1-4-16-13(15)12-11(8(2)3)9-5-6-14-7-10(9)17-12/h5-7H,2,4H2,1,3H3. The Morgan fingerprint density at radius 1 is 1.59 bits per heavy atom. The third kappa shape index (κ3) is 2.08. The molecule has 0 bridgehead atoms. The van der Waals surface area contributed by atoms with E-state index >= 15 is 0 Å². The van der Waals surface area contributed by atoms with Crippen LogP contribution in [0.25, 0.3) is 15.7 Å². The van der Waals surface area contributed by atoms with E-state index in [2.05, 4.69) is 11.6 Å². The summed E-state index contributed by atoms with van der Waals surface area (Å²) in [5.41, 5.74) is 1.75. The van der Waals surface area contributed by atoms with Crippen LogP contribution in [-0.2, 0) is 4.74 Å². The summed E-state index contributed by atoms with van der Waals surface area (Å²) in [6.45, 7) is 8.00. The van der Waals surface area contributed by atoms with Gasteiger partial charge in [0.25, 0.3) is 0 Å². The molecule has 0 N–H and O–H groups in total. The maximum atomic E-state index is 11.9. The van der Waals surface area contributed by atoms with Gasteiger partial charge in [-0.1, -0.05) is 6.58 Å². The predicted octanol–water partition coefficient (Wildman–Crippen LogP) is 3.51. The van der Waals surface area contributed by atoms with E-state index in [1.165, 1.54) is 11.3 Å². The van der Waals surface area contributed by atoms with E-state index < -0.39 is 0 Å². The van der Waals surface area contributed by atoms with Crippen molar-refractivity contribution in [3.8, 4) is 0 Å². The van der Waals surface area contributed by atoms with Gasteiger partial charge >= 0.3 is 5.97 Å². The van der Waals surface area contributed by atoms with Crippen molar-refractivity contribution in [1.82, 2.24) is 4.98 Å². The number of ether oxygens (including phenoxy) is 1. The number of thiophene rings is 1. The van der Waals surface area contributed by atoms with Gasteiger partial charge in [0, 0.05) is 23.3 Å². The summed E-state index contributed by atoms with van der Waals surface area (Å²) in [5, 5.41) is 1.01. The van der Waals surface area contributed by atoms with Gasteiger partial charge < -0.3 is 4.74 Å². The summed E-state index contributed by atoms with van der Waals surface area (Å²) < 4.78 is 6.04. The fourth-order valence-corrected chi connectivity index (χ4v) is 2.86. The van der Waals surface area contributed by atoms with Gasteiger partial charge in [-0.05, 0) is 25.5 Å². The second kappa shape index (κ2) is 4.67. The monoisotopic (exact) mass is 247 g/mol. The molecule has 2 aromatic heterocycles. The quantitative estimate of drug-likeness (QED) is 0.779. The number of hydrogen-bond acceptors (Lipinski definition) is 4. The Balaban J connectivity index is 2.66. The molecule has 0 spiro atoms. The highest BCUT2D eigenvalue weighted by atomic mass is 32.1. The summed E-state index contributed by atoms with van der Waals surface area (Å²) in [6.07, 6.45) is 3.48. The normalized spacial score (nSPS) is 10.5. The van der Waals surface area contributed by atoms with Gasteiger partial charge in [0.15, 0.2) is 0 Å². The Hall–Kier alpha value is -1.68. The van der Waals surface area contributed by atoms with Crippen LogP contribution in [0.1, 0.15) is 29.1 Å². The van der Waals surface area contributed by atoms with Crippen molar-refractivity contribution in [2.24, 2.45) is 0 Å². The van der Waals surface area contributed by atoms with Gasteiger partial charge in [0.1, 0.15) is 4.88 Å². The van der Waals surface area contributed by atoms with Gasteiger partial charge in [0.05, 0.1) is 11.3 Å².